The lowest BCUT2D eigenvalue weighted by Gasteiger charge is -2.29. The van der Waals surface area contributed by atoms with Crippen molar-refractivity contribution in [2.24, 2.45) is 0 Å². The van der Waals surface area contributed by atoms with E-state index in [9.17, 15) is 0 Å². The van der Waals surface area contributed by atoms with E-state index in [1.807, 2.05) is 11.6 Å². The zero-order valence-corrected chi connectivity index (χ0v) is 13.6. The third-order valence-electron chi connectivity index (χ3n) is 3.38. The smallest absolute Gasteiger partial charge is 0.161 e. The normalized spacial score (nSPS) is 14.6. The Hall–Kier alpha value is -1.07. The summed E-state index contributed by atoms with van der Waals surface area (Å²) in [7, 11) is 1.69. The van der Waals surface area contributed by atoms with E-state index in [0.29, 0.717) is 6.61 Å². The molecule has 0 aliphatic carbocycles. The van der Waals surface area contributed by atoms with E-state index >= 15 is 0 Å². The van der Waals surface area contributed by atoms with Crippen LogP contribution in [0.3, 0.4) is 0 Å². The summed E-state index contributed by atoms with van der Waals surface area (Å²) >= 11 is 0. The minimum Gasteiger partial charge on any atom is -0.493 e. The number of rotatable bonds is 9. The topological polar surface area (TPSA) is 48.3 Å². The fraction of sp³-hybridized carbons (Fsp3) is 0.800. The molecule has 1 rings (SSSR count). The van der Waals surface area contributed by atoms with Crippen molar-refractivity contribution in [3.63, 3.8) is 0 Å². The molecule has 1 N–H and O–H groups in total. The second-order valence-electron chi connectivity index (χ2n) is 5.07. The Balaban J connectivity index is 3.21. The number of aromatic nitrogens is 2. The van der Waals surface area contributed by atoms with Crippen molar-refractivity contribution >= 4 is 0 Å². The summed E-state index contributed by atoms with van der Waals surface area (Å²) in [6, 6.07) is 0.374. The summed E-state index contributed by atoms with van der Waals surface area (Å²) in [5.74, 6) is 0.822. The number of hydrogen-bond acceptors (Lipinski definition) is 4. The van der Waals surface area contributed by atoms with Crippen LogP contribution in [-0.4, -0.2) is 36.1 Å². The van der Waals surface area contributed by atoms with Gasteiger partial charge >= 0.3 is 0 Å². The predicted molar refractivity (Wildman–Crippen MR) is 81.3 cm³/mol. The number of ether oxygens (including phenoxy) is 2. The van der Waals surface area contributed by atoms with Crippen molar-refractivity contribution in [3.8, 4) is 5.75 Å². The molecule has 0 spiro atoms. The van der Waals surface area contributed by atoms with Gasteiger partial charge in [-0.2, -0.15) is 5.10 Å². The zero-order chi connectivity index (χ0) is 15.1. The first-order chi connectivity index (χ1) is 9.60. The molecule has 1 heterocycles. The van der Waals surface area contributed by atoms with Crippen LogP contribution in [0, 0.1) is 0 Å². The molecule has 5 nitrogen and oxygen atoms in total. The molecule has 0 aliphatic heterocycles. The van der Waals surface area contributed by atoms with Crippen LogP contribution < -0.4 is 10.1 Å². The molecule has 0 aromatic carbocycles. The van der Waals surface area contributed by atoms with Gasteiger partial charge in [-0.3, -0.25) is 4.68 Å². The third kappa shape index (κ3) is 3.73. The first-order valence-electron chi connectivity index (χ1n) is 7.56. The van der Waals surface area contributed by atoms with Crippen LogP contribution in [0.4, 0.5) is 0 Å². The lowest BCUT2D eigenvalue weighted by molar-refractivity contribution is 0.0286. The Morgan fingerprint density at radius 1 is 1.30 bits per heavy atom. The van der Waals surface area contributed by atoms with Crippen molar-refractivity contribution in [2.75, 3.05) is 20.3 Å². The Labute approximate surface area is 122 Å². The number of methoxy groups -OCH3 is 1. The molecule has 0 amide bonds. The predicted octanol–water partition coefficient (Wildman–Crippen LogP) is 2.94. The second kappa shape index (κ2) is 8.27. The fourth-order valence-electron chi connectivity index (χ4n) is 2.51. The molecule has 1 aromatic heterocycles. The van der Waals surface area contributed by atoms with E-state index in [2.05, 4.69) is 38.1 Å². The average molecular weight is 283 g/mol. The van der Waals surface area contributed by atoms with Crippen LogP contribution in [0.15, 0.2) is 6.20 Å². The minimum absolute atomic E-state index is 0.0878. The SMILES string of the molecule is CCNC(c1c(OC)cnn1C(C)C)C(CC)OCC. The van der Waals surface area contributed by atoms with E-state index in [1.165, 1.54) is 0 Å². The highest BCUT2D eigenvalue weighted by Gasteiger charge is 2.29. The molecule has 0 fully saturated rings. The Morgan fingerprint density at radius 3 is 2.45 bits per heavy atom. The molecule has 116 valence electrons. The number of nitrogens with zero attached hydrogens (tertiary/aromatic N) is 2. The molecule has 2 atom stereocenters. The summed E-state index contributed by atoms with van der Waals surface area (Å²) < 4.78 is 13.4. The summed E-state index contributed by atoms with van der Waals surface area (Å²) in [6.07, 6.45) is 2.85. The molecule has 0 saturated carbocycles. The fourth-order valence-corrected chi connectivity index (χ4v) is 2.51. The van der Waals surface area contributed by atoms with Gasteiger partial charge in [0.25, 0.3) is 0 Å². The van der Waals surface area contributed by atoms with Gasteiger partial charge in [0.2, 0.25) is 0 Å². The molecular weight excluding hydrogens is 254 g/mol. The highest BCUT2D eigenvalue weighted by atomic mass is 16.5. The molecule has 0 saturated heterocycles. The van der Waals surface area contributed by atoms with Gasteiger partial charge in [0.1, 0.15) is 5.69 Å². The summed E-state index contributed by atoms with van der Waals surface area (Å²) in [5, 5.41) is 7.99. The van der Waals surface area contributed by atoms with E-state index in [1.54, 1.807) is 13.3 Å². The van der Waals surface area contributed by atoms with E-state index in [-0.39, 0.29) is 18.2 Å². The van der Waals surface area contributed by atoms with Crippen LogP contribution in [0.5, 0.6) is 5.75 Å². The molecule has 1 aromatic rings. The molecule has 0 aliphatic rings. The first kappa shape index (κ1) is 17.0. The molecule has 20 heavy (non-hydrogen) atoms. The Bertz CT molecular complexity index is 390. The van der Waals surface area contributed by atoms with Crippen molar-refractivity contribution < 1.29 is 9.47 Å². The lowest BCUT2D eigenvalue weighted by Crippen LogP contribution is -2.35. The number of likely N-dealkylation sites (N-methyl/N-ethyl adjacent to an activating group) is 1. The van der Waals surface area contributed by atoms with Crippen molar-refractivity contribution in [3.05, 3.63) is 11.9 Å². The van der Waals surface area contributed by atoms with Crippen molar-refractivity contribution in [1.29, 1.82) is 0 Å². The van der Waals surface area contributed by atoms with Gasteiger partial charge in [-0.15, -0.1) is 0 Å². The molecule has 0 bridgehead atoms. The summed E-state index contributed by atoms with van der Waals surface area (Å²) in [5.41, 5.74) is 1.07. The third-order valence-corrected chi connectivity index (χ3v) is 3.38. The van der Waals surface area contributed by atoms with Gasteiger partial charge in [-0.25, -0.2) is 0 Å². The maximum atomic E-state index is 5.90. The van der Waals surface area contributed by atoms with Gasteiger partial charge in [0.05, 0.1) is 25.5 Å². The zero-order valence-electron chi connectivity index (χ0n) is 13.6. The lowest BCUT2D eigenvalue weighted by atomic mass is 10.0. The van der Waals surface area contributed by atoms with Gasteiger partial charge in [-0.05, 0) is 33.7 Å². The maximum absolute atomic E-state index is 5.90. The van der Waals surface area contributed by atoms with Gasteiger partial charge < -0.3 is 14.8 Å². The van der Waals surface area contributed by atoms with E-state index in [0.717, 1.165) is 24.4 Å². The highest BCUT2D eigenvalue weighted by molar-refractivity contribution is 5.29. The highest BCUT2D eigenvalue weighted by Crippen LogP contribution is 2.31. The monoisotopic (exact) mass is 283 g/mol. The molecule has 2 unspecified atom stereocenters. The van der Waals surface area contributed by atoms with E-state index in [4.69, 9.17) is 9.47 Å². The maximum Gasteiger partial charge on any atom is 0.161 e. The van der Waals surface area contributed by atoms with Gasteiger partial charge in [-0.1, -0.05) is 13.8 Å². The molecular formula is C15H29N3O2. The van der Waals surface area contributed by atoms with Gasteiger partial charge in [0, 0.05) is 12.6 Å². The average Bonchev–Trinajstić information content (AvgIpc) is 2.86. The molecule has 0 radical (unpaired) electrons. The second-order valence-corrected chi connectivity index (χ2v) is 5.07. The quantitative estimate of drug-likeness (QED) is 0.757. The van der Waals surface area contributed by atoms with E-state index < -0.39 is 0 Å². The Morgan fingerprint density at radius 2 is 2.00 bits per heavy atom. The van der Waals surface area contributed by atoms with Crippen LogP contribution in [0.2, 0.25) is 0 Å². The first-order valence-corrected chi connectivity index (χ1v) is 7.56. The van der Waals surface area contributed by atoms with Crippen molar-refractivity contribution in [1.82, 2.24) is 15.1 Å². The van der Waals surface area contributed by atoms with Crippen LogP contribution in [0.25, 0.3) is 0 Å². The number of nitrogens with one attached hydrogen (secondary N) is 1. The number of hydrogen-bond donors (Lipinski definition) is 1. The minimum atomic E-state index is 0.0878. The van der Waals surface area contributed by atoms with Crippen molar-refractivity contribution in [2.45, 2.75) is 59.2 Å². The van der Waals surface area contributed by atoms with Crippen LogP contribution in [0.1, 0.15) is 58.8 Å². The van der Waals surface area contributed by atoms with Crippen LogP contribution in [-0.2, 0) is 4.74 Å². The Kier molecular flexibility index (Phi) is 7.02. The summed E-state index contributed by atoms with van der Waals surface area (Å²) in [6.45, 7) is 12.1. The van der Waals surface area contributed by atoms with Gasteiger partial charge in [0.15, 0.2) is 5.75 Å². The largest absolute Gasteiger partial charge is 0.493 e. The molecule has 5 heteroatoms. The summed E-state index contributed by atoms with van der Waals surface area (Å²) in [4.78, 5) is 0. The standard InChI is InChI=1S/C15H29N3O2/c1-7-12(20-9-3)14(16-8-2)15-13(19-6)10-17-18(15)11(4)5/h10-12,14,16H,7-9H2,1-6H3. The van der Waals surface area contributed by atoms with Crippen LogP contribution >= 0.6 is 0 Å².